The third-order valence-corrected chi connectivity index (χ3v) is 4.87. The predicted octanol–water partition coefficient (Wildman–Crippen LogP) is 3.11. The maximum atomic E-state index is 12.9. The monoisotopic (exact) mass is 340 g/mol. The molecule has 1 fully saturated rings. The number of hydrogen-bond donors (Lipinski definition) is 1. The van der Waals surface area contributed by atoms with E-state index in [1.807, 2.05) is 31.3 Å². The number of hydrogen-bond acceptors (Lipinski definition) is 3. The number of aryl methyl sites for hydroxylation is 1. The van der Waals surface area contributed by atoms with Gasteiger partial charge < -0.3 is 10.2 Å². The van der Waals surface area contributed by atoms with Crippen molar-refractivity contribution in [3.05, 3.63) is 53.3 Å². The summed E-state index contributed by atoms with van der Waals surface area (Å²) < 4.78 is 1.68. The van der Waals surface area contributed by atoms with Crippen molar-refractivity contribution >= 4 is 5.91 Å². The number of amides is 1. The zero-order valence-corrected chi connectivity index (χ0v) is 15.4. The van der Waals surface area contributed by atoms with Crippen LogP contribution in [0.4, 0.5) is 0 Å². The van der Waals surface area contributed by atoms with Crippen LogP contribution in [0, 0.1) is 0 Å². The summed E-state index contributed by atoms with van der Waals surface area (Å²) in [5.74, 6) is 0.247. The number of carbonyl (C=O) groups excluding carboxylic acids is 1. The molecule has 1 aromatic carbocycles. The fraction of sp³-hybridized carbons (Fsp3) is 0.500. The van der Waals surface area contributed by atoms with Crippen LogP contribution >= 0.6 is 0 Å². The maximum absolute atomic E-state index is 12.9. The molecule has 2 heterocycles. The Kier molecular flexibility index (Phi) is 5.53. The Morgan fingerprint density at radius 2 is 1.88 bits per heavy atom. The van der Waals surface area contributed by atoms with Crippen LogP contribution in [0.5, 0.6) is 0 Å². The van der Waals surface area contributed by atoms with Gasteiger partial charge in [0.15, 0.2) is 0 Å². The van der Waals surface area contributed by atoms with E-state index >= 15 is 0 Å². The molecular formula is C20H28N4O. The predicted molar refractivity (Wildman–Crippen MR) is 99.6 cm³/mol. The summed E-state index contributed by atoms with van der Waals surface area (Å²) in [5.41, 5.74) is 2.71. The lowest BCUT2D eigenvalue weighted by molar-refractivity contribution is 0.0917. The Hall–Kier alpha value is -2.14. The van der Waals surface area contributed by atoms with Gasteiger partial charge >= 0.3 is 0 Å². The molecule has 1 aliphatic heterocycles. The van der Waals surface area contributed by atoms with E-state index in [0.29, 0.717) is 11.6 Å². The zero-order chi connectivity index (χ0) is 17.8. The standard InChI is InChI=1S/C20H28N4O/c1-15(2)17-13-19(23(3)22-17)20(25)21-18(14-24-11-7-8-12-24)16-9-5-4-6-10-16/h4-6,9-10,13,15,18H,7-8,11-12,14H2,1-3H3,(H,21,25). The van der Waals surface area contributed by atoms with E-state index in [0.717, 1.165) is 30.9 Å². The normalized spacial score (nSPS) is 16.3. The smallest absolute Gasteiger partial charge is 0.270 e. The quantitative estimate of drug-likeness (QED) is 0.879. The second kappa shape index (κ2) is 7.83. The van der Waals surface area contributed by atoms with E-state index in [1.165, 1.54) is 12.8 Å². The molecule has 25 heavy (non-hydrogen) atoms. The number of aromatic nitrogens is 2. The Morgan fingerprint density at radius 3 is 2.48 bits per heavy atom. The van der Waals surface area contributed by atoms with Crippen LogP contribution in [-0.4, -0.2) is 40.2 Å². The Labute approximate surface area is 150 Å². The molecule has 3 rings (SSSR count). The first-order valence-corrected chi connectivity index (χ1v) is 9.16. The van der Waals surface area contributed by atoms with E-state index in [1.54, 1.807) is 4.68 Å². The van der Waals surface area contributed by atoms with Gasteiger partial charge in [-0.2, -0.15) is 5.10 Å². The van der Waals surface area contributed by atoms with Crippen molar-refractivity contribution in [2.45, 2.75) is 38.6 Å². The van der Waals surface area contributed by atoms with Gasteiger partial charge in [-0.1, -0.05) is 44.2 Å². The Morgan fingerprint density at radius 1 is 1.20 bits per heavy atom. The van der Waals surface area contributed by atoms with Gasteiger partial charge in [0.1, 0.15) is 5.69 Å². The second-order valence-electron chi connectivity index (χ2n) is 7.18. The van der Waals surface area contributed by atoms with E-state index < -0.39 is 0 Å². The average molecular weight is 340 g/mol. The summed E-state index contributed by atoms with van der Waals surface area (Å²) in [6.07, 6.45) is 2.49. The fourth-order valence-corrected chi connectivity index (χ4v) is 3.36. The molecule has 1 amide bonds. The number of likely N-dealkylation sites (tertiary alicyclic amines) is 1. The average Bonchev–Trinajstić information content (AvgIpc) is 3.24. The molecular weight excluding hydrogens is 312 g/mol. The third kappa shape index (κ3) is 4.28. The van der Waals surface area contributed by atoms with E-state index in [2.05, 4.69) is 41.3 Å². The van der Waals surface area contributed by atoms with Gasteiger partial charge in [0.05, 0.1) is 11.7 Å². The lowest BCUT2D eigenvalue weighted by Crippen LogP contribution is -2.37. The molecule has 0 bridgehead atoms. The van der Waals surface area contributed by atoms with Gasteiger partial charge in [-0.25, -0.2) is 0 Å². The summed E-state index contributed by atoms with van der Waals surface area (Å²) in [6, 6.07) is 12.1. The fourth-order valence-electron chi connectivity index (χ4n) is 3.36. The molecule has 1 saturated heterocycles. The van der Waals surface area contributed by atoms with Gasteiger partial charge in [-0.05, 0) is 43.5 Å². The third-order valence-electron chi connectivity index (χ3n) is 4.87. The minimum atomic E-state index is -0.0602. The summed E-state index contributed by atoms with van der Waals surface area (Å²) in [4.78, 5) is 15.3. The molecule has 134 valence electrons. The molecule has 0 aliphatic carbocycles. The molecule has 0 saturated carbocycles. The highest BCUT2D eigenvalue weighted by Crippen LogP contribution is 2.19. The Balaban J connectivity index is 1.78. The highest BCUT2D eigenvalue weighted by Gasteiger charge is 2.23. The zero-order valence-electron chi connectivity index (χ0n) is 15.4. The van der Waals surface area contributed by atoms with Crippen molar-refractivity contribution in [3.8, 4) is 0 Å². The Bertz CT molecular complexity index is 702. The summed E-state index contributed by atoms with van der Waals surface area (Å²) in [5, 5.41) is 7.69. The first-order valence-electron chi connectivity index (χ1n) is 9.16. The number of nitrogens with one attached hydrogen (secondary N) is 1. The van der Waals surface area contributed by atoms with Crippen molar-refractivity contribution in [2.24, 2.45) is 7.05 Å². The largest absolute Gasteiger partial charge is 0.343 e. The van der Waals surface area contributed by atoms with Crippen molar-refractivity contribution in [3.63, 3.8) is 0 Å². The molecule has 5 heteroatoms. The van der Waals surface area contributed by atoms with Crippen LogP contribution in [0.25, 0.3) is 0 Å². The molecule has 1 N–H and O–H groups in total. The van der Waals surface area contributed by atoms with E-state index in [4.69, 9.17) is 0 Å². The van der Waals surface area contributed by atoms with E-state index in [-0.39, 0.29) is 11.9 Å². The van der Waals surface area contributed by atoms with Crippen LogP contribution in [0.3, 0.4) is 0 Å². The van der Waals surface area contributed by atoms with Crippen molar-refractivity contribution < 1.29 is 4.79 Å². The van der Waals surface area contributed by atoms with Crippen molar-refractivity contribution in [2.75, 3.05) is 19.6 Å². The molecule has 1 aromatic heterocycles. The van der Waals surface area contributed by atoms with E-state index in [9.17, 15) is 4.79 Å². The molecule has 1 atom stereocenters. The first kappa shape index (κ1) is 17.7. The van der Waals surface area contributed by atoms with Gasteiger partial charge in [-0.3, -0.25) is 9.48 Å². The summed E-state index contributed by atoms with van der Waals surface area (Å²) in [6.45, 7) is 7.25. The van der Waals surface area contributed by atoms with Gasteiger partial charge in [0.25, 0.3) is 5.91 Å². The molecule has 1 aliphatic rings. The second-order valence-corrected chi connectivity index (χ2v) is 7.18. The van der Waals surface area contributed by atoms with Crippen LogP contribution in [-0.2, 0) is 7.05 Å². The topological polar surface area (TPSA) is 50.2 Å². The maximum Gasteiger partial charge on any atom is 0.270 e. The number of nitrogens with zero attached hydrogens (tertiary/aromatic N) is 3. The van der Waals surface area contributed by atoms with Crippen LogP contribution < -0.4 is 5.32 Å². The van der Waals surface area contributed by atoms with Gasteiger partial charge in [0.2, 0.25) is 0 Å². The number of carbonyl (C=O) groups is 1. The SMILES string of the molecule is CC(C)c1cc(C(=O)NC(CN2CCCC2)c2ccccc2)n(C)n1. The minimum absolute atomic E-state index is 0.0100. The van der Waals surface area contributed by atoms with Gasteiger partial charge in [-0.15, -0.1) is 0 Å². The lowest BCUT2D eigenvalue weighted by atomic mass is 10.1. The van der Waals surface area contributed by atoms with Crippen LogP contribution in [0.15, 0.2) is 36.4 Å². The van der Waals surface area contributed by atoms with Crippen LogP contribution in [0.1, 0.15) is 60.4 Å². The summed E-state index contributed by atoms with van der Waals surface area (Å²) in [7, 11) is 1.83. The highest BCUT2D eigenvalue weighted by molar-refractivity contribution is 5.93. The molecule has 0 radical (unpaired) electrons. The molecule has 1 unspecified atom stereocenters. The molecule has 0 spiro atoms. The molecule has 2 aromatic rings. The van der Waals surface area contributed by atoms with Crippen LogP contribution in [0.2, 0.25) is 0 Å². The van der Waals surface area contributed by atoms with Crippen molar-refractivity contribution in [1.29, 1.82) is 0 Å². The van der Waals surface area contributed by atoms with Gasteiger partial charge in [0, 0.05) is 13.6 Å². The highest BCUT2D eigenvalue weighted by atomic mass is 16.2. The lowest BCUT2D eigenvalue weighted by Gasteiger charge is -2.25. The van der Waals surface area contributed by atoms with Crippen molar-refractivity contribution in [1.82, 2.24) is 20.0 Å². The molecule has 5 nitrogen and oxygen atoms in total. The first-order chi connectivity index (χ1) is 12.0. The number of rotatable bonds is 6. The minimum Gasteiger partial charge on any atom is -0.343 e. The number of benzene rings is 1. The summed E-state index contributed by atoms with van der Waals surface area (Å²) >= 11 is 0.